The first kappa shape index (κ1) is 34.4. The largest absolute Gasteiger partial charge is 0.277 e. The predicted octanol–water partition coefficient (Wildman–Crippen LogP) is 14.2. The third-order valence-electron chi connectivity index (χ3n) is 12.6. The van der Waals surface area contributed by atoms with Gasteiger partial charge in [-0.2, -0.15) is 9.97 Å². The van der Waals surface area contributed by atoms with Crippen molar-refractivity contribution in [1.82, 2.24) is 19.5 Å². The van der Waals surface area contributed by atoms with Gasteiger partial charge < -0.3 is 0 Å². The molecule has 12 rings (SSSR count). The van der Waals surface area contributed by atoms with E-state index in [1.165, 1.54) is 44.2 Å². The summed E-state index contributed by atoms with van der Waals surface area (Å²) in [6, 6.07) is 69.6. The van der Waals surface area contributed by atoms with Gasteiger partial charge in [-0.1, -0.05) is 190 Å². The lowest BCUT2D eigenvalue weighted by atomic mass is 9.78. The molecule has 0 amide bonds. The summed E-state index contributed by atoms with van der Waals surface area (Å²) in [6.07, 6.45) is 0. The van der Waals surface area contributed by atoms with E-state index in [2.05, 4.69) is 206 Å². The summed E-state index contributed by atoms with van der Waals surface area (Å²) < 4.78 is 2.30. The van der Waals surface area contributed by atoms with E-state index in [4.69, 9.17) is 15.0 Å². The highest BCUT2D eigenvalue weighted by Crippen LogP contribution is 2.53. The van der Waals surface area contributed by atoms with Crippen molar-refractivity contribution in [2.24, 2.45) is 0 Å². The minimum absolute atomic E-state index is 0.203. The first-order valence-electron chi connectivity index (χ1n) is 20.6. The fourth-order valence-corrected chi connectivity index (χ4v) is 9.74. The zero-order valence-electron chi connectivity index (χ0n) is 33.3. The second-order valence-corrected chi connectivity index (χ2v) is 16.4. The molecular weight excluding hydrogens is 729 g/mol. The Morgan fingerprint density at radius 1 is 0.383 bits per heavy atom. The van der Waals surface area contributed by atoms with Gasteiger partial charge in [-0.05, 0) is 78.7 Å². The molecule has 1 aliphatic rings. The van der Waals surface area contributed by atoms with Crippen LogP contribution >= 0.6 is 0 Å². The first-order chi connectivity index (χ1) is 29.5. The molecule has 0 spiro atoms. The standard InChI is InChI=1S/C56H38N4/c1-56(2)49-25-11-10-20-43(49)44-21-12-22-45(51(44)56)46-23-13-24-47-48-33-40-18-8-9-19-41(40)34-50(48)60(52(46)47)55-58-53(38-29-26-37(27-30-38)35-14-4-3-5-15-35)57-54(59-55)42-31-28-36-16-6-7-17-39(36)32-42/h3-34H,1-2H3. The van der Waals surface area contributed by atoms with Crippen LogP contribution in [0.2, 0.25) is 0 Å². The molecule has 4 nitrogen and oxygen atoms in total. The molecule has 11 aromatic rings. The average molecular weight is 767 g/mol. The molecule has 2 aromatic heterocycles. The van der Waals surface area contributed by atoms with Gasteiger partial charge in [0, 0.05) is 32.9 Å². The molecule has 9 aromatic carbocycles. The van der Waals surface area contributed by atoms with Gasteiger partial charge in [-0.15, -0.1) is 0 Å². The smallest absolute Gasteiger partial charge is 0.238 e. The second-order valence-electron chi connectivity index (χ2n) is 16.4. The summed E-state index contributed by atoms with van der Waals surface area (Å²) in [7, 11) is 0. The number of para-hydroxylation sites is 1. The van der Waals surface area contributed by atoms with Crippen molar-refractivity contribution in [1.29, 1.82) is 0 Å². The van der Waals surface area contributed by atoms with Crippen molar-refractivity contribution in [2.75, 3.05) is 0 Å². The van der Waals surface area contributed by atoms with E-state index in [-0.39, 0.29) is 5.41 Å². The van der Waals surface area contributed by atoms with Gasteiger partial charge >= 0.3 is 0 Å². The minimum atomic E-state index is -0.203. The highest BCUT2D eigenvalue weighted by Gasteiger charge is 2.38. The van der Waals surface area contributed by atoms with Crippen LogP contribution in [0.3, 0.4) is 0 Å². The molecule has 0 aliphatic heterocycles. The molecule has 0 N–H and O–H groups in total. The van der Waals surface area contributed by atoms with Gasteiger partial charge in [0.2, 0.25) is 5.95 Å². The van der Waals surface area contributed by atoms with Crippen molar-refractivity contribution in [3.8, 4) is 62.1 Å². The maximum absolute atomic E-state index is 5.43. The van der Waals surface area contributed by atoms with Crippen LogP contribution in [0.25, 0.3) is 105 Å². The molecule has 0 saturated carbocycles. The monoisotopic (exact) mass is 766 g/mol. The highest BCUT2D eigenvalue weighted by atomic mass is 15.2. The summed E-state index contributed by atoms with van der Waals surface area (Å²) in [6.45, 7) is 4.72. The van der Waals surface area contributed by atoms with E-state index in [1.807, 2.05) is 6.07 Å². The lowest BCUT2D eigenvalue weighted by molar-refractivity contribution is 0.662. The Bertz CT molecular complexity index is 3510. The van der Waals surface area contributed by atoms with Gasteiger partial charge in [-0.3, -0.25) is 4.57 Å². The molecule has 4 heteroatoms. The van der Waals surface area contributed by atoms with Crippen molar-refractivity contribution in [3.63, 3.8) is 0 Å². The molecule has 0 bridgehead atoms. The summed E-state index contributed by atoms with van der Waals surface area (Å²) in [5.41, 5.74) is 13.7. The molecule has 0 fully saturated rings. The fraction of sp³-hybridized carbons (Fsp3) is 0.0536. The Morgan fingerprint density at radius 3 is 1.72 bits per heavy atom. The quantitative estimate of drug-likeness (QED) is 0.175. The zero-order valence-corrected chi connectivity index (χ0v) is 33.3. The van der Waals surface area contributed by atoms with Crippen molar-refractivity contribution in [3.05, 3.63) is 205 Å². The molecule has 60 heavy (non-hydrogen) atoms. The van der Waals surface area contributed by atoms with Crippen molar-refractivity contribution in [2.45, 2.75) is 19.3 Å². The van der Waals surface area contributed by atoms with Crippen LogP contribution in [0.1, 0.15) is 25.0 Å². The maximum Gasteiger partial charge on any atom is 0.238 e. The summed E-state index contributed by atoms with van der Waals surface area (Å²) in [5.74, 6) is 1.82. The van der Waals surface area contributed by atoms with E-state index < -0.39 is 0 Å². The summed E-state index contributed by atoms with van der Waals surface area (Å²) >= 11 is 0. The van der Waals surface area contributed by atoms with Crippen LogP contribution in [-0.4, -0.2) is 19.5 Å². The summed E-state index contributed by atoms with van der Waals surface area (Å²) in [5, 5.41) is 6.97. The lowest BCUT2D eigenvalue weighted by Gasteiger charge is -2.25. The van der Waals surface area contributed by atoms with Gasteiger partial charge in [0.15, 0.2) is 11.6 Å². The molecule has 282 valence electrons. The Morgan fingerprint density at radius 2 is 0.933 bits per heavy atom. The first-order valence-corrected chi connectivity index (χ1v) is 20.6. The number of hydrogen-bond donors (Lipinski definition) is 0. The van der Waals surface area contributed by atoms with Crippen LogP contribution in [0.15, 0.2) is 194 Å². The van der Waals surface area contributed by atoms with Crippen LogP contribution in [0.5, 0.6) is 0 Å². The third-order valence-corrected chi connectivity index (χ3v) is 12.6. The Balaban J connectivity index is 1.16. The second kappa shape index (κ2) is 13.2. The molecule has 0 radical (unpaired) electrons. The molecule has 0 unspecified atom stereocenters. The minimum Gasteiger partial charge on any atom is -0.277 e. The van der Waals surface area contributed by atoms with E-state index in [1.54, 1.807) is 0 Å². The van der Waals surface area contributed by atoms with Gasteiger partial charge in [-0.25, -0.2) is 4.98 Å². The summed E-state index contributed by atoms with van der Waals surface area (Å²) in [4.78, 5) is 16.1. The fourth-order valence-electron chi connectivity index (χ4n) is 9.74. The number of fused-ring (bicyclic) bond motifs is 8. The number of aromatic nitrogens is 4. The van der Waals surface area contributed by atoms with Gasteiger partial charge in [0.25, 0.3) is 0 Å². The van der Waals surface area contributed by atoms with Crippen LogP contribution in [-0.2, 0) is 5.41 Å². The molecule has 1 aliphatic carbocycles. The van der Waals surface area contributed by atoms with Crippen molar-refractivity contribution >= 4 is 43.4 Å². The Hall–Kier alpha value is -7.69. The molecule has 0 saturated heterocycles. The van der Waals surface area contributed by atoms with E-state index >= 15 is 0 Å². The van der Waals surface area contributed by atoms with Gasteiger partial charge in [0.05, 0.1) is 11.0 Å². The zero-order chi connectivity index (χ0) is 40.0. The predicted molar refractivity (Wildman–Crippen MR) is 248 cm³/mol. The van der Waals surface area contributed by atoms with Crippen LogP contribution in [0.4, 0.5) is 0 Å². The molecule has 2 heterocycles. The SMILES string of the molecule is CC1(C)c2ccccc2-c2cccc(-c3cccc4c5cc6ccccc6cc5n(-c5nc(-c6ccc(-c7ccccc7)cc6)nc(-c6ccc7ccccc7c6)n5)c34)c21. The number of benzene rings is 9. The van der Waals surface area contributed by atoms with Gasteiger partial charge in [0.1, 0.15) is 0 Å². The number of rotatable bonds is 5. The normalized spacial score (nSPS) is 13.0. The Labute approximate surface area is 348 Å². The third kappa shape index (κ3) is 5.27. The average Bonchev–Trinajstić information content (AvgIpc) is 3.76. The van der Waals surface area contributed by atoms with E-state index in [9.17, 15) is 0 Å². The number of nitrogens with zero attached hydrogens (tertiary/aromatic N) is 4. The molecular formula is C56H38N4. The van der Waals surface area contributed by atoms with Crippen LogP contribution < -0.4 is 0 Å². The maximum atomic E-state index is 5.43. The highest BCUT2D eigenvalue weighted by molar-refractivity contribution is 6.17. The lowest BCUT2D eigenvalue weighted by Crippen LogP contribution is -2.16. The van der Waals surface area contributed by atoms with E-state index in [0.717, 1.165) is 54.8 Å². The van der Waals surface area contributed by atoms with Crippen molar-refractivity contribution < 1.29 is 0 Å². The number of hydrogen-bond acceptors (Lipinski definition) is 3. The van der Waals surface area contributed by atoms with E-state index in [0.29, 0.717) is 17.6 Å². The Kier molecular flexibility index (Phi) is 7.54. The topological polar surface area (TPSA) is 43.6 Å². The molecule has 0 atom stereocenters. The van der Waals surface area contributed by atoms with Crippen LogP contribution in [0, 0.1) is 0 Å².